The first-order valence-electron chi connectivity index (χ1n) is 3.74. The minimum Gasteiger partial charge on any atom is -0.383 e. The maximum Gasteiger partial charge on any atom is 0.156 e. The average molecular weight is 283 g/mol. The van der Waals surface area contributed by atoms with Crippen LogP contribution in [-0.2, 0) is 0 Å². The second kappa shape index (κ2) is 3.52. The molecular formula is C8H3Cl4N3. The van der Waals surface area contributed by atoms with Gasteiger partial charge in [0.05, 0.1) is 25.7 Å². The molecule has 0 bridgehead atoms. The Kier molecular flexibility index (Phi) is 2.59. The van der Waals surface area contributed by atoms with Crippen LogP contribution in [0.4, 0.5) is 0 Å². The standard InChI is InChI=1S/C8H3Cl4N3/c9-3-1-2(8(14)15-7(1)13)4(10)6(12)5(3)11/h(H3,13,14,15). The zero-order valence-corrected chi connectivity index (χ0v) is 10.1. The smallest absolute Gasteiger partial charge is 0.156 e. The van der Waals surface area contributed by atoms with Crippen molar-refractivity contribution in [2.24, 2.45) is 10.7 Å². The molecule has 1 aromatic rings. The lowest BCUT2D eigenvalue weighted by Crippen LogP contribution is -2.11. The number of nitrogens with zero attached hydrogens (tertiary/aromatic N) is 1. The fourth-order valence-corrected chi connectivity index (χ4v) is 2.37. The summed E-state index contributed by atoms with van der Waals surface area (Å²) in [5, 5.41) is 8.10. The van der Waals surface area contributed by atoms with Gasteiger partial charge in [-0.05, 0) is 0 Å². The second-order valence-electron chi connectivity index (χ2n) is 2.85. The van der Waals surface area contributed by atoms with Gasteiger partial charge in [-0.2, -0.15) is 0 Å². The molecule has 0 atom stereocenters. The first kappa shape index (κ1) is 11.0. The number of hydrogen-bond donors (Lipinski definition) is 2. The van der Waals surface area contributed by atoms with Crippen LogP contribution >= 0.6 is 46.4 Å². The van der Waals surface area contributed by atoms with Gasteiger partial charge in [0.15, 0.2) is 5.84 Å². The van der Waals surface area contributed by atoms with Crippen LogP contribution in [0.25, 0.3) is 0 Å². The summed E-state index contributed by atoms with van der Waals surface area (Å²) in [7, 11) is 0. The highest BCUT2D eigenvalue weighted by Crippen LogP contribution is 2.43. The van der Waals surface area contributed by atoms with Gasteiger partial charge >= 0.3 is 0 Å². The predicted octanol–water partition coefficient (Wildman–Crippen LogP) is 3.34. The molecule has 0 spiro atoms. The SMILES string of the molecule is N=C1N=C(N)c2c(Cl)c(Cl)c(Cl)c(Cl)c21. The van der Waals surface area contributed by atoms with Crippen LogP contribution in [-0.4, -0.2) is 11.7 Å². The number of aliphatic imine (C=N–C) groups is 1. The number of hydrogen-bond acceptors (Lipinski definition) is 2. The Morgan fingerprint density at radius 2 is 1.33 bits per heavy atom. The third-order valence-corrected chi connectivity index (χ3v) is 3.79. The molecule has 1 heterocycles. The largest absolute Gasteiger partial charge is 0.383 e. The summed E-state index contributed by atoms with van der Waals surface area (Å²) in [6.07, 6.45) is 0. The zero-order valence-electron chi connectivity index (χ0n) is 7.04. The van der Waals surface area contributed by atoms with Crippen LogP contribution in [0.1, 0.15) is 11.1 Å². The van der Waals surface area contributed by atoms with Crippen LogP contribution in [0, 0.1) is 5.41 Å². The molecule has 1 aromatic carbocycles. The molecule has 3 nitrogen and oxygen atoms in total. The number of nitrogens with one attached hydrogen (secondary N) is 1. The van der Waals surface area contributed by atoms with E-state index in [0.29, 0.717) is 11.1 Å². The quantitative estimate of drug-likeness (QED) is 0.556. The number of amidine groups is 2. The summed E-state index contributed by atoms with van der Waals surface area (Å²) >= 11 is 23.6. The van der Waals surface area contributed by atoms with Crippen LogP contribution in [0.2, 0.25) is 20.1 Å². The molecular weight excluding hydrogens is 280 g/mol. The van der Waals surface area contributed by atoms with Gasteiger partial charge in [0.2, 0.25) is 0 Å². The van der Waals surface area contributed by atoms with Crippen LogP contribution in [0.3, 0.4) is 0 Å². The van der Waals surface area contributed by atoms with E-state index in [2.05, 4.69) is 4.99 Å². The predicted molar refractivity (Wildman–Crippen MR) is 64.0 cm³/mol. The Balaban J connectivity index is 2.92. The van der Waals surface area contributed by atoms with Gasteiger partial charge in [0, 0.05) is 5.56 Å². The molecule has 0 radical (unpaired) electrons. The summed E-state index contributed by atoms with van der Waals surface area (Å²) in [5.41, 5.74) is 6.29. The summed E-state index contributed by atoms with van der Waals surface area (Å²) in [5.74, 6) is 0.0634. The van der Waals surface area contributed by atoms with E-state index in [1.54, 1.807) is 0 Å². The van der Waals surface area contributed by atoms with E-state index in [1.807, 2.05) is 0 Å². The van der Waals surface area contributed by atoms with Crippen molar-refractivity contribution < 1.29 is 0 Å². The number of fused-ring (bicyclic) bond motifs is 1. The van der Waals surface area contributed by atoms with Gasteiger partial charge in [0.25, 0.3) is 0 Å². The van der Waals surface area contributed by atoms with Crippen LogP contribution in [0.15, 0.2) is 4.99 Å². The second-order valence-corrected chi connectivity index (χ2v) is 4.36. The topological polar surface area (TPSA) is 62.2 Å². The van der Waals surface area contributed by atoms with Crippen molar-refractivity contribution in [1.29, 1.82) is 5.41 Å². The molecule has 0 amide bonds. The first-order chi connectivity index (χ1) is 6.95. The van der Waals surface area contributed by atoms with E-state index in [-0.39, 0.29) is 31.8 Å². The van der Waals surface area contributed by atoms with Crippen LogP contribution < -0.4 is 5.73 Å². The molecule has 1 aliphatic heterocycles. The summed E-state index contributed by atoms with van der Waals surface area (Å²) in [6.45, 7) is 0. The molecule has 0 aromatic heterocycles. The Bertz CT molecular complexity index is 521. The Hall–Kier alpha value is -0.480. The third kappa shape index (κ3) is 1.42. The molecule has 0 saturated carbocycles. The van der Waals surface area contributed by atoms with Crippen molar-refractivity contribution in [2.45, 2.75) is 0 Å². The molecule has 78 valence electrons. The third-order valence-electron chi connectivity index (χ3n) is 1.99. The van der Waals surface area contributed by atoms with E-state index in [1.165, 1.54) is 0 Å². The number of benzene rings is 1. The Morgan fingerprint density at radius 1 is 0.867 bits per heavy atom. The number of nitrogens with two attached hydrogens (primary N) is 1. The summed E-state index contributed by atoms with van der Waals surface area (Å²) in [6, 6.07) is 0. The van der Waals surface area contributed by atoms with Gasteiger partial charge in [-0.25, -0.2) is 4.99 Å². The molecule has 7 heteroatoms. The summed E-state index contributed by atoms with van der Waals surface area (Å²) in [4.78, 5) is 3.75. The number of rotatable bonds is 0. The van der Waals surface area contributed by atoms with E-state index in [4.69, 9.17) is 57.5 Å². The minimum atomic E-state index is -0.0621. The van der Waals surface area contributed by atoms with Gasteiger partial charge in [-0.1, -0.05) is 46.4 Å². The molecule has 3 N–H and O–H groups in total. The fraction of sp³-hybridized carbons (Fsp3) is 0. The zero-order chi connectivity index (χ0) is 11.3. The molecule has 0 fully saturated rings. The average Bonchev–Trinajstić information content (AvgIpc) is 2.47. The highest BCUT2D eigenvalue weighted by molar-refractivity contribution is 6.55. The van der Waals surface area contributed by atoms with Crippen molar-refractivity contribution in [1.82, 2.24) is 0 Å². The van der Waals surface area contributed by atoms with Gasteiger partial charge in [0.1, 0.15) is 5.84 Å². The lowest BCUT2D eigenvalue weighted by Gasteiger charge is -2.09. The molecule has 2 rings (SSSR count). The van der Waals surface area contributed by atoms with Gasteiger partial charge in [-0.3, -0.25) is 5.41 Å². The molecule has 0 unspecified atom stereocenters. The fourth-order valence-electron chi connectivity index (χ4n) is 1.33. The van der Waals surface area contributed by atoms with Crippen LogP contribution in [0.5, 0.6) is 0 Å². The molecule has 1 aliphatic rings. The highest BCUT2D eigenvalue weighted by Gasteiger charge is 2.29. The monoisotopic (exact) mass is 281 g/mol. The van der Waals surface area contributed by atoms with E-state index >= 15 is 0 Å². The highest BCUT2D eigenvalue weighted by atomic mass is 35.5. The maximum atomic E-state index is 7.55. The van der Waals surface area contributed by atoms with Crippen molar-refractivity contribution in [3.8, 4) is 0 Å². The first-order valence-corrected chi connectivity index (χ1v) is 5.25. The normalized spacial score (nSPS) is 14.1. The summed E-state index contributed by atoms with van der Waals surface area (Å²) < 4.78 is 0. The molecule has 0 aliphatic carbocycles. The van der Waals surface area contributed by atoms with E-state index in [0.717, 1.165) is 0 Å². The minimum absolute atomic E-state index is 0.0621. The van der Waals surface area contributed by atoms with E-state index < -0.39 is 0 Å². The molecule has 15 heavy (non-hydrogen) atoms. The van der Waals surface area contributed by atoms with Gasteiger partial charge < -0.3 is 5.73 Å². The van der Waals surface area contributed by atoms with Gasteiger partial charge in [-0.15, -0.1) is 0 Å². The van der Waals surface area contributed by atoms with Crippen molar-refractivity contribution in [3.05, 3.63) is 31.2 Å². The lowest BCUT2D eigenvalue weighted by atomic mass is 10.1. The lowest BCUT2D eigenvalue weighted by molar-refractivity contribution is 1.45. The Morgan fingerprint density at radius 3 is 1.87 bits per heavy atom. The Labute approximate surface area is 105 Å². The maximum absolute atomic E-state index is 7.55. The van der Waals surface area contributed by atoms with Crippen molar-refractivity contribution >= 4 is 58.1 Å². The van der Waals surface area contributed by atoms with E-state index in [9.17, 15) is 0 Å². The van der Waals surface area contributed by atoms with Crippen molar-refractivity contribution in [2.75, 3.05) is 0 Å². The molecule has 0 saturated heterocycles. The van der Waals surface area contributed by atoms with Crippen molar-refractivity contribution in [3.63, 3.8) is 0 Å². The number of halogens is 4.